The predicted octanol–water partition coefficient (Wildman–Crippen LogP) is 18.6. The highest BCUT2D eigenvalue weighted by atomic mass is 15.1. The van der Waals surface area contributed by atoms with Crippen LogP contribution in [0, 0.1) is 0 Å². The fraction of sp³-hybridized carbons (Fsp3) is 0. The summed E-state index contributed by atoms with van der Waals surface area (Å²) in [5, 5.41) is 0. The molecule has 1 aromatic heterocycles. The number of hydrogen-bond acceptors (Lipinski definition) is 4. The number of benzene rings is 11. The minimum Gasteiger partial charge on any atom is -0.311 e. The van der Waals surface area contributed by atoms with Gasteiger partial charge in [0.1, 0.15) is 0 Å². The molecular formula is C68H48N4. The number of hydrogen-bond donors (Lipinski definition) is 0. The molecule has 0 saturated heterocycles. The number of fused-ring (bicyclic) bond motifs is 1. The predicted molar refractivity (Wildman–Crippen MR) is 302 cm³/mol. The second kappa shape index (κ2) is 19.8. The van der Waals surface area contributed by atoms with Crippen LogP contribution in [0.4, 0.5) is 34.1 Å². The smallest absolute Gasteiger partial charge is 0.0973 e. The summed E-state index contributed by atoms with van der Waals surface area (Å²) in [5.41, 5.74) is 21.5. The van der Waals surface area contributed by atoms with E-state index >= 15 is 0 Å². The van der Waals surface area contributed by atoms with Crippen molar-refractivity contribution >= 4 is 45.2 Å². The quantitative estimate of drug-likeness (QED) is 0.122. The number of nitrogens with zero attached hydrogens (tertiary/aromatic N) is 4. The molecule has 0 aliphatic carbocycles. The molecule has 0 aliphatic rings. The monoisotopic (exact) mass is 920 g/mol. The van der Waals surface area contributed by atoms with Gasteiger partial charge in [-0.1, -0.05) is 206 Å². The zero-order valence-corrected chi connectivity index (χ0v) is 39.5. The second-order valence-electron chi connectivity index (χ2n) is 17.8. The van der Waals surface area contributed by atoms with Crippen LogP contribution in [0.1, 0.15) is 0 Å². The third-order valence-corrected chi connectivity index (χ3v) is 13.3. The lowest BCUT2D eigenvalue weighted by atomic mass is 9.96. The Hall–Kier alpha value is -9.64. The van der Waals surface area contributed by atoms with Gasteiger partial charge in [0, 0.05) is 45.3 Å². The topological polar surface area (TPSA) is 32.3 Å². The molecule has 0 radical (unpaired) electrons. The first-order valence-corrected chi connectivity index (χ1v) is 24.4. The maximum atomic E-state index is 5.22. The highest BCUT2D eigenvalue weighted by Crippen LogP contribution is 2.39. The molecule has 0 fully saturated rings. The minimum absolute atomic E-state index is 0.857. The molecule has 0 amide bonds. The lowest BCUT2D eigenvalue weighted by molar-refractivity contribution is 1.28. The summed E-state index contributed by atoms with van der Waals surface area (Å²) in [6, 6.07) is 103. The molecule has 0 aliphatic heterocycles. The Bertz CT molecular complexity index is 3380. The molecule has 0 saturated carbocycles. The van der Waals surface area contributed by atoms with Crippen LogP contribution in [-0.4, -0.2) is 9.97 Å². The SMILES string of the molecule is c1ccc(N(c2ccccc2)c2ccc(-c3ccc(-c4ccc(-c5nc6ccccc6nc5-c5ccc(-c6ccc(-c7ccc(N(c8ccccc8)c8ccccc8)cc7)cc6)cc5)cc4)cc3)cc2)cc1. The van der Waals surface area contributed by atoms with Crippen LogP contribution >= 0.6 is 0 Å². The fourth-order valence-corrected chi connectivity index (χ4v) is 9.56. The molecule has 11 aromatic carbocycles. The van der Waals surface area contributed by atoms with Gasteiger partial charge in [0.2, 0.25) is 0 Å². The van der Waals surface area contributed by atoms with Crippen molar-refractivity contribution in [2.75, 3.05) is 9.80 Å². The maximum Gasteiger partial charge on any atom is 0.0973 e. The Kier molecular flexibility index (Phi) is 12.0. The van der Waals surface area contributed by atoms with E-state index in [4.69, 9.17) is 9.97 Å². The van der Waals surface area contributed by atoms with Gasteiger partial charge in [-0.15, -0.1) is 0 Å². The summed E-state index contributed by atoms with van der Waals surface area (Å²) >= 11 is 0. The van der Waals surface area contributed by atoms with Crippen LogP contribution in [0.15, 0.2) is 291 Å². The van der Waals surface area contributed by atoms with Crippen molar-refractivity contribution in [1.82, 2.24) is 9.97 Å². The first-order chi connectivity index (χ1) is 35.7. The summed E-state index contributed by atoms with van der Waals surface area (Å²) < 4.78 is 0. The van der Waals surface area contributed by atoms with E-state index in [2.05, 4.69) is 277 Å². The third kappa shape index (κ3) is 9.04. The zero-order chi connectivity index (χ0) is 48.1. The van der Waals surface area contributed by atoms with Crippen molar-refractivity contribution in [3.63, 3.8) is 0 Å². The van der Waals surface area contributed by atoms with Crippen molar-refractivity contribution in [2.24, 2.45) is 0 Å². The summed E-state index contributed by atoms with van der Waals surface area (Å²) in [6.45, 7) is 0. The Morgan fingerprint density at radius 2 is 0.347 bits per heavy atom. The van der Waals surface area contributed by atoms with Gasteiger partial charge < -0.3 is 9.80 Å². The van der Waals surface area contributed by atoms with E-state index in [1.807, 2.05) is 24.3 Å². The fourth-order valence-electron chi connectivity index (χ4n) is 9.56. The van der Waals surface area contributed by atoms with E-state index in [0.717, 1.165) is 89.9 Å². The number of anilines is 6. The number of aromatic nitrogens is 2. The number of para-hydroxylation sites is 6. The molecule has 4 heteroatoms. The Morgan fingerprint density at radius 3 is 0.583 bits per heavy atom. The Morgan fingerprint density at radius 1 is 0.167 bits per heavy atom. The van der Waals surface area contributed by atoms with Gasteiger partial charge in [0.25, 0.3) is 0 Å². The molecule has 72 heavy (non-hydrogen) atoms. The largest absolute Gasteiger partial charge is 0.311 e. The standard InChI is InChI=1S/C68H48N4/c1-5-15-59(16-6-1)71(60-17-7-2-8-18-60)63-45-41-55(42-46-63)51-29-25-49(26-30-51)53-33-37-57(38-34-53)67-68(70-66-24-14-13-23-65(66)69-67)58-39-35-54(36-40-58)50-27-31-52(32-28-50)56-43-47-64(48-44-56)72(61-19-9-3-10-20-61)62-21-11-4-12-22-62/h1-48H. The maximum absolute atomic E-state index is 5.22. The van der Waals surface area contributed by atoms with Crippen LogP contribution < -0.4 is 9.80 Å². The van der Waals surface area contributed by atoms with Crippen molar-refractivity contribution < 1.29 is 0 Å². The molecule has 4 nitrogen and oxygen atoms in total. The Labute approximate surface area is 421 Å². The van der Waals surface area contributed by atoms with E-state index in [-0.39, 0.29) is 0 Å². The summed E-state index contributed by atoms with van der Waals surface area (Å²) in [4.78, 5) is 15.0. The average molecular weight is 921 g/mol. The molecule has 0 atom stereocenters. The average Bonchev–Trinajstić information content (AvgIpc) is 3.47. The van der Waals surface area contributed by atoms with Crippen LogP contribution in [0.3, 0.4) is 0 Å². The first-order valence-electron chi connectivity index (χ1n) is 24.4. The molecule has 0 spiro atoms. The summed E-state index contributed by atoms with van der Waals surface area (Å²) in [6.07, 6.45) is 0. The van der Waals surface area contributed by atoms with E-state index in [9.17, 15) is 0 Å². The second-order valence-corrected chi connectivity index (χ2v) is 17.8. The van der Waals surface area contributed by atoms with Gasteiger partial charge in [-0.05, 0) is 129 Å². The molecule has 12 aromatic rings. The van der Waals surface area contributed by atoms with Crippen LogP contribution in [-0.2, 0) is 0 Å². The van der Waals surface area contributed by atoms with Crippen molar-refractivity contribution in [2.45, 2.75) is 0 Å². The van der Waals surface area contributed by atoms with Crippen molar-refractivity contribution in [3.8, 4) is 67.0 Å². The van der Waals surface area contributed by atoms with Gasteiger partial charge in [-0.2, -0.15) is 0 Å². The first kappa shape index (κ1) is 43.6. The Balaban J connectivity index is 0.764. The van der Waals surface area contributed by atoms with Crippen LogP contribution in [0.2, 0.25) is 0 Å². The van der Waals surface area contributed by atoms with Gasteiger partial charge >= 0.3 is 0 Å². The van der Waals surface area contributed by atoms with Gasteiger partial charge in [0.15, 0.2) is 0 Å². The highest BCUT2D eigenvalue weighted by molar-refractivity contribution is 5.88. The molecule has 0 unspecified atom stereocenters. The normalized spacial score (nSPS) is 11.1. The lowest BCUT2D eigenvalue weighted by Gasteiger charge is -2.25. The minimum atomic E-state index is 0.857. The van der Waals surface area contributed by atoms with Gasteiger partial charge in [-0.3, -0.25) is 0 Å². The molecular weight excluding hydrogens is 873 g/mol. The van der Waals surface area contributed by atoms with Crippen LogP contribution in [0.25, 0.3) is 78.1 Å². The summed E-state index contributed by atoms with van der Waals surface area (Å²) in [5.74, 6) is 0. The highest BCUT2D eigenvalue weighted by Gasteiger charge is 2.17. The van der Waals surface area contributed by atoms with Gasteiger partial charge in [-0.25, -0.2) is 9.97 Å². The molecule has 1 heterocycles. The van der Waals surface area contributed by atoms with E-state index in [1.165, 1.54) is 22.3 Å². The molecule has 12 rings (SSSR count). The third-order valence-electron chi connectivity index (χ3n) is 13.3. The van der Waals surface area contributed by atoms with Crippen molar-refractivity contribution in [1.29, 1.82) is 0 Å². The number of rotatable bonds is 12. The van der Waals surface area contributed by atoms with E-state index in [1.54, 1.807) is 0 Å². The van der Waals surface area contributed by atoms with Crippen LogP contribution in [0.5, 0.6) is 0 Å². The van der Waals surface area contributed by atoms with Crippen molar-refractivity contribution in [3.05, 3.63) is 291 Å². The molecule has 340 valence electrons. The summed E-state index contributed by atoms with van der Waals surface area (Å²) in [7, 11) is 0. The lowest BCUT2D eigenvalue weighted by Crippen LogP contribution is -2.09. The molecule has 0 bridgehead atoms. The molecule has 0 N–H and O–H groups in total. The van der Waals surface area contributed by atoms with Gasteiger partial charge in [0.05, 0.1) is 22.4 Å². The van der Waals surface area contributed by atoms with E-state index in [0.29, 0.717) is 0 Å². The van der Waals surface area contributed by atoms with E-state index < -0.39 is 0 Å². The zero-order valence-electron chi connectivity index (χ0n) is 39.5.